The number of halogens is 1. The predicted molar refractivity (Wildman–Crippen MR) is 86.0 cm³/mol. The van der Waals surface area contributed by atoms with Crippen LogP contribution in [-0.2, 0) is 0 Å². The van der Waals surface area contributed by atoms with Crippen LogP contribution in [0.15, 0.2) is 48.7 Å². The Bertz CT molecular complexity index is 774. The number of aromatic nitrogens is 2. The summed E-state index contributed by atoms with van der Waals surface area (Å²) in [4.78, 5) is 9.08. The third-order valence-corrected chi connectivity index (χ3v) is 3.33. The molecule has 112 valence electrons. The van der Waals surface area contributed by atoms with Crippen molar-refractivity contribution in [2.24, 2.45) is 0 Å². The van der Waals surface area contributed by atoms with E-state index in [4.69, 9.17) is 4.74 Å². The lowest BCUT2D eigenvalue weighted by atomic mass is 10.1. The van der Waals surface area contributed by atoms with Crippen LogP contribution in [0, 0.1) is 0 Å². The zero-order valence-corrected chi connectivity index (χ0v) is 12.2. The Labute approximate surface area is 128 Å². The maximum atomic E-state index is 12.1. The molecule has 0 radical (unpaired) electrons. The molecule has 5 heteroatoms. The van der Waals surface area contributed by atoms with Crippen LogP contribution in [0.2, 0.25) is 0 Å². The first kappa shape index (κ1) is 14.3. The quantitative estimate of drug-likeness (QED) is 0.780. The van der Waals surface area contributed by atoms with Gasteiger partial charge in [-0.3, -0.25) is 4.98 Å². The Morgan fingerprint density at radius 2 is 1.91 bits per heavy atom. The van der Waals surface area contributed by atoms with Crippen molar-refractivity contribution < 1.29 is 9.13 Å². The van der Waals surface area contributed by atoms with Crippen molar-refractivity contribution in [2.45, 2.75) is 0 Å². The molecular weight excluding hydrogens is 280 g/mol. The zero-order chi connectivity index (χ0) is 15.4. The summed E-state index contributed by atoms with van der Waals surface area (Å²) in [6.45, 7) is -0.421. The fraction of sp³-hybridized carbons (Fsp3) is 0.176. The lowest BCUT2D eigenvalue weighted by Crippen LogP contribution is -1.98. The summed E-state index contributed by atoms with van der Waals surface area (Å²) >= 11 is 0. The van der Waals surface area contributed by atoms with Gasteiger partial charge in [-0.2, -0.15) is 0 Å². The van der Waals surface area contributed by atoms with Crippen molar-refractivity contribution in [3.63, 3.8) is 0 Å². The Hall–Kier alpha value is -2.69. The van der Waals surface area contributed by atoms with Crippen molar-refractivity contribution in [3.8, 4) is 17.0 Å². The van der Waals surface area contributed by atoms with E-state index in [1.54, 1.807) is 18.3 Å². The first-order valence-corrected chi connectivity index (χ1v) is 7.04. The van der Waals surface area contributed by atoms with E-state index in [2.05, 4.69) is 15.3 Å². The van der Waals surface area contributed by atoms with Crippen molar-refractivity contribution in [2.75, 3.05) is 25.6 Å². The minimum Gasteiger partial charge on any atom is -0.491 e. The number of benzene rings is 2. The monoisotopic (exact) mass is 296 g/mol. The Morgan fingerprint density at radius 1 is 1.09 bits per heavy atom. The summed E-state index contributed by atoms with van der Waals surface area (Å²) in [6.07, 6.45) is 1.75. The molecule has 1 N–H and O–H groups in total. The molecule has 3 aromatic rings. The topological polar surface area (TPSA) is 47.0 Å². The maximum Gasteiger partial charge on any atom is 0.123 e. The second-order valence-electron chi connectivity index (χ2n) is 4.77. The second kappa shape index (κ2) is 6.39. The lowest BCUT2D eigenvalue weighted by molar-refractivity contribution is 0.273. The van der Waals surface area contributed by atoms with Crippen LogP contribution in [0.1, 0.15) is 0 Å². The van der Waals surface area contributed by atoms with Crippen LogP contribution in [0.5, 0.6) is 5.75 Å². The SMILES string of the molecule is CNc1ccc2nc(-c3ccc(OCC[18F])cc3)cnc2c1. The molecule has 0 unspecified atom stereocenters. The summed E-state index contributed by atoms with van der Waals surface area (Å²) in [6, 6.07) is 13.3. The lowest BCUT2D eigenvalue weighted by Gasteiger charge is -2.06. The molecule has 0 fully saturated rings. The van der Waals surface area contributed by atoms with Crippen LogP contribution < -0.4 is 10.1 Å². The van der Waals surface area contributed by atoms with Gasteiger partial charge in [0.05, 0.1) is 22.9 Å². The number of alkyl halides is 1. The van der Waals surface area contributed by atoms with Crippen molar-refractivity contribution in [1.82, 2.24) is 9.97 Å². The third kappa shape index (κ3) is 2.98. The van der Waals surface area contributed by atoms with Crippen molar-refractivity contribution in [1.29, 1.82) is 0 Å². The first-order valence-electron chi connectivity index (χ1n) is 7.04. The molecule has 0 amide bonds. The van der Waals surface area contributed by atoms with Gasteiger partial charge in [0.1, 0.15) is 19.0 Å². The van der Waals surface area contributed by atoms with Crippen LogP contribution in [0.3, 0.4) is 0 Å². The second-order valence-corrected chi connectivity index (χ2v) is 4.77. The Morgan fingerprint density at radius 3 is 2.64 bits per heavy atom. The minimum atomic E-state index is -0.494. The standard InChI is InChI=1S/C17H16FN3O/c1-19-13-4-7-15-16(10-13)20-11-17(21-15)12-2-5-14(6-3-12)22-9-8-18/h2-7,10-11,19H,8-9H2,1H3/i18-1. The minimum absolute atomic E-state index is 0.0723. The van der Waals surface area contributed by atoms with E-state index in [0.29, 0.717) is 5.75 Å². The van der Waals surface area contributed by atoms with Crippen molar-refractivity contribution >= 4 is 16.7 Å². The van der Waals surface area contributed by atoms with Gasteiger partial charge in [-0.05, 0) is 42.5 Å². The van der Waals surface area contributed by atoms with E-state index in [0.717, 1.165) is 28.0 Å². The predicted octanol–water partition coefficient (Wildman–Crippen LogP) is 3.69. The molecule has 0 saturated carbocycles. The molecule has 0 atom stereocenters. The number of ether oxygens (including phenoxy) is 1. The van der Waals surface area contributed by atoms with Crippen LogP contribution >= 0.6 is 0 Å². The molecule has 1 aromatic heterocycles. The van der Waals surface area contributed by atoms with Crippen LogP contribution in [0.25, 0.3) is 22.3 Å². The van der Waals surface area contributed by atoms with Crippen LogP contribution in [0.4, 0.5) is 10.1 Å². The fourth-order valence-electron chi connectivity index (χ4n) is 2.18. The summed E-state index contributed by atoms with van der Waals surface area (Å²) in [5, 5.41) is 3.08. The van der Waals surface area contributed by atoms with Gasteiger partial charge in [-0.1, -0.05) is 0 Å². The highest BCUT2D eigenvalue weighted by Gasteiger charge is 2.04. The molecule has 0 aliphatic rings. The smallest absolute Gasteiger partial charge is 0.123 e. The first-order chi connectivity index (χ1) is 10.8. The highest BCUT2D eigenvalue weighted by atomic mass is 18.2. The molecule has 0 spiro atoms. The molecule has 0 bridgehead atoms. The van der Waals surface area contributed by atoms with E-state index >= 15 is 0 Å². The summed E-state index contributed by atoms with van der Waals surface area (Å²) in [5.41, 5.74) is 4.43. The molecule has 2 aromatic carbocycles. The van der Waals surface area contributed by atoms with Gasteiger partial charge in [0.2, 0.25) is 0 Å². The number of hydrogen-bond acceptors (Lipinski definition) is 4. The summed E-state index contributed by atoms with van der Waals surface area (Å²) in [5.74, 6) is 0.647. The fourth-order valence-corrected chi connectivity index (χ4v) is 2.18. The molecule has 4 nitrogen and oxygen atoms in total. The Balaban J connectivity index is 1.89. The van der Waals surface area contributed by atoms with E-state index < -0.39 is 6.67 Å². The van der Waals surface area contributed by atoms with Gasteiger partial charge in [-0.25, -0.2) is 9.37 Å². The van der Waals surface area contributed by atoms with Gasteiger partial charge in [0.15, 0.2) is 0 Å². The molecule has 3 rings (SSSR count). The molecular formula is C17H16FN3O. The number of anilines is 1. The number of nitrogens with zero attached hydrogens (tertiary/aromatic N) is 2. The largest absolute Gasteiger partial charge is 0.491 e. The van der Waals surface area contributed by atoms with E-state index in [-0.39, 0.29) is 6.61 Å². The molecule has 0 aliphatic carbocycles. The highest BCUT2D eigenvalue weighted by Crippen LogP contribution is 2.23. The average Bonchev–Trinajstić information content (AvgIpc) is 2.59. The maximum absolute atomic E-state index is 12.1. The van der Waals surface area contributed by atoms with Crippen molar-refractivity contribution in [3.05, 3.63) is 48.7 Å². The molecule has 1 heterocycles. The summed E-state index contributed by atoms with van der Waals surface area (Å²) in [7, 11) is 1.87. The van der Waals surface area contributed by atoms with E-state index in [1.165, 1.54) is 0 Å². The average molecular weight is 296 g/mol. The van der Waals surface area contributed by atoms with Crippen LogP contribution in [-0.4, -0.2) is 30.3 Å². The number of rotatable bonds is 5. The zero-order valence-electron chi connectivity index (χ0n) is 12.2. The molecule has 0 aliphatic heterocycles. The van der Waals surface area contributed by atoms with E-state index in [1.807, 2.05) is 37.4 Å². The van der Waals surface area contributed by atoms with E-state index in [9.17, 15) is 4.39 Å². The molecule has 0 saturated heterocycles. The van der Waals surface area contributed by atoms with Gasteiger partial charge in [0.25, 0.3) is 0 Å². The Kier molecular flexibility index (Phi) is 4.14. The van der Waals surface area contributed by atoms with Gasteiger partial charge in [0, 0.05) is 18.3 Å². The summed E-state index contributed by atoms with van der Waals surface area (Å²) < 4.78 is 17.3. The van der Waals surface area contributed by atoms with Gasteiger partial charge < -0.3 is 10.1 Å². The number of fused-ring (bicyclic) bond motifs is 1. The third-order valence-electron chi connectivity index (χ3n) is 3.33. The number of nitrogens with one attached hydrogen (secondary N) is 1. The normalized spacial score (nSPS) is 10.6. The van der Waals surface area contributed by atoms with Gasteiger partial charge in [-0.15, -0.1) is 0 Å². The highest BCUT2D eigenvalue weighted by molar-refractivity contribution is 5.80. The number of hydrogen-bond donors (Lipinski definition) is 1. The molecule has 22 heavy (non-hydrogen) atoms. The van der Waals surface area contributed by atoms with Gasteiger partial charge >= 0.3 is 0 Å².